The topological polar surface area (TPSA) is 37.8 Å². The highest BCUT2D eigenvalue weighted by Gasteiger charge is 2.07. The quantitative estimate of drug-likeness (QED) is 0.856. The van der Waals surface area contributed by atoms with Crippen LogP contribution >= 0.6 is 38.9 Å². The highest BCUT2D eigenvalue weighted by atomic mass is 79.9. The van der Waals surface area contributed by atoms with Crippen LogP contribution in [0, 0.1) is 0 Å². The van der Waals surface area contributed by atoms with E-state index < -0.39 is 0 Å². The Morgan fingerprint density at radius 1 is 1.41 bits per heavy atom. The predicted molar refractivity (Wildman–Crippen MR) is 75.8 cm³/mol. The van der Waals surface area contributed by atoms with Gasteiger partial charge >= 0.3 is 0 Å². The Labute approximate surface area is 117 Å². The molecule has 17 heavy (non-hydrogen) atoms. The summed E-state index contributed by atoms with van der Waals surface area (Å²) in [5.41, 5.74) is 0.963. The SMILES string of the molecule is CCc1c(Cl)ncnc1NCc1ccc(Br)s1. The van der Waals surface area contributed by atoms with Gasteiger partial charge in [0.1, 0.15) is 17.3 Å². The molecule has 0 unspecified atom stereocenters. The maximum atomic E-state index is 6.02. The zero-order valence-electron chi connectivity index (χ0n) is 9.20. The van der Waals surface area contributed by atoms with Gasteiger partial charge in [-0.15, -0.1) is 11.3 Å². The maximum Gasteiger partial charge on any atom is 0.137 e. The summed E-state index contributed by atoms with van der Waals surface area (Å²) in [7, 11) is 0. The average Bonchev–Trinajstić information content (AvgIpc) is 2.72. The van der Waals surface area contributed by atoms with Crippen LogP contribution in [0.5, 0.6) is 0 Å². The van der Waals surface area contributed by atoms with Gasteiger partial charge in [0.2, 0.25) is 0 Å². The van der Waals surface area contributed by atoms with Gasteiger partial charge in [0.15, 0.2) is 0 Å². The van der Waals surface area contributed by atoms with Crippen molar-refractivity contribution in [2.24, 2.45) is 0 Å². The molecule has 0 aliphatic heterocycles. The van der Waals surface area contributed by atoms with Crippen molar-refractivity contribution < 1.29 is 0 Å². The molecule has 6 heteroatoms. The van der Waals surface area contributed by atoms with Crippen LogP contribution < -0.4 is 5.32 Å². The largest absolute Gasteiger partial charge is 0.365 e. The van der Waals surface area contributed by atoms with Crippen LogP contribution in [0.3, 0.4) is 0 Å². The number of nitrogens with one attached hydrogen (secondary N) is 1. The third kappa shape index (κ3) is 3.18. The summed E-state index contributed by atoms with van der Waals surface area (Å²) in [5, 5.41) is 3.81. The fourth-order valence-corrected chi connectivity index (χ4v) is 3.16. The van der Waals surface area contributed by atoms with Crippen molar-refractivity contribution in [1.82, 2.24) is 9.97 Å². The van der Waals surface area contributed by atoms with E-state index in [1.165, 1.54) is 11.2 Å². The van der Waals surface area contributed by atoms with Gasteiger partial charge in [0.25, 0.3) is 0 Å². The maximum absolute atomic E-state index is 6.02. The summed E-state index contributed by atoms with van der Waals surface area (Å²) in [5.74, 6) is 0.817. The van der Waals surface area contributed by atoms with Crippen LogP contribution in [0.4, 0.5) is 5.82 Å². The van der Waals surface area contributed by atoms with Crippen LogP contribution in [0.2, 0.25) is 5.15 Å². The summed E-state index contributed by atoms with van der Waals surface area (Å²) in [6.07, 6.45) is 2.30. The first-order chi connectivity index (χ1) is 8.20. The average molecular weight is 333 g/mol. The minimum Gasteiger partial charge on any atom is -0.365 e. The van der Waals surface area contributed by atoms with E-state index in [9.17, 15) is 0 Å². The molecule has 3 nitrogen and oxygen atoms in total. The highest BCUT2D eigenvalue weighted by Crippen LogP contribution is 2.24. The second kappa shape index (κ2) is 5.80. The highest BCUT2D eigenvalue weighted by molar-refractivity contribution is 9.11. The number of thiophene rings is 1. The Balaban J connectivity index is 2.11. The molecule has 0 aromatic carbocycles. The third-order valence-electron chi connectivity index (χ3n) is 2.31. The number of anilines is 1. The van der Waals surface area contributed by atoms with Crippen LogP contribution in [0.1, 0.15) is 17.4 Å². The predicted octanol–water partition coefficient (Wildman–Crippen LogP) is 4.13. The van der Waals surface area contributed by atoms with E-state index >= 15 is 0 Å². The molecule has 0 saturated heterocycles. The molecule has 0 atom stereocenters. The van der Waals surface area contributed by atoms with Crippen LogP contribution in [0.25, 0.3) is 0 Å². The molecule has 0 aliphatic rings. The van der Waals surface area contributed by atoms with Gasteiger partial charge in [0.05, 0.1) is 10.3 Å². The zero-order valence-corrected chi connectivity index (χ0v) is 12.4. The van der Waals surface area contributed by atoms with E-state index in [0.717, 1.165) is 28.1 Å². The van der Waals surface area contributed by atoms with Crippen LogP contribution in [-0.4, -0.2) is 9.97 Å². The lowest BCUT2D eigenvalue weighted by Gasteiger charge is -2.09. The standard InChI is InChI=1S/C11H11BrClN3S/c1-2-8-10(13)15-6-16-11(8)14-5-7-3-4-9(12)17-7/h3-4,6H,2,5H2,1H3,(H,14,15,16). The lowest BCUT2D eigenvalue weighted by Crippen LogP contribution is -2.04. The minimum atomic E-state index is 0.525. The first-order valence-electron chi connectivity index (χ1n) is 5.18. The second-order valence-corrected chi connectivity index (χ2v) is 6.31. The molecular weight excluding hydrogens is 322 g/mol. The van der Waals surface area contributed by atoms with E-state index in [2.05, 4.69) is 37.3 Å². The van der Waals surface area contributed by atoms with Crippen molar-refractivity contribution in [3.05, 3.63) is 37.8 Å². The van der Waals surface area contributed by atoms with Crippen molar-refractivity contribution in [3.8, 4) is 0 Å². The van der Waals surface area contributed by atoms with Crippen molar-refractivity contribution in [3.63, 3.8) is 0 Å². The van der Waals surface area contributed by atoms with E-state index in [4.69, 9.17) is 11.6 Å². The molecule has 0 amide bonds. The third-order valence-corrected chi connectivity index (χ3v) is 4.25. The van der Waals surface area contributed by atoms with Crippen molar-refractivity contribution in [1.29, 1.82) is 0 Å². The molecule has 0 fully saturated rings. The molecule has 0 aliphatic carbocycles. The molecule has 0 spiro atoms. The Kier molecular flexibility index (Phi) is 4.36. The zero-order chi connectivity index (χ0) is 12.3. The van der Waals surface area contributed by atoms with Gasteiger partial charge in [-0.3, -0.25) is 0 Å². The fourth-order valence-electron chi connectivity index (χ4n) is 1.47. The monoisotopic (exact) mass is 331 g/mol. The number of hydrogen-bond acceptors (Lipinski definition) is 4. The van der Waals surface area contributed by atoms with E-state index in [-0.39, 0.29) is 0 Å². The number of hydrogen-bond donors (Lipinski definition) is 1. The summed E-state index contributed by atoms with van der Waals surface area (Å²) in [6.45, 7) is 2.79. The molecule has 2 rings (SSSR count). The molecule has 2 aromatic rings. The van der Waals surface area contributed by atoms with Gasteiger partial charge in [0, 0.05) is 10.4 Å². The molecule has 1 N–H and O–H groups in total. The molecule has 90 valence electrons. The summed E-state index contributed by atoms with van der Waals surface area (Å²) in [6, 6.07) is 4.12. The van der Waals surface area contributed by atoms with Crippen molar-refractivity contribution >= 4 is 44.7 Å². The lowest BCUT2D eigenvalue weighted by atomic mass is 10.2. The molecular formula is C11H11BrClN3S. The normalized spacial score (nSPS) is 10.5. The molecule has 2 aromatic heterocycles. The summed E-state index contributed by atoms with van der Waals surface area (Å²) < 4.78 is 1.13. The number of rotatable bonds is 4. The smallest absolute Gasteiger partial charge is 0.137 e. The number of aromatic nitrogens is 2. The lowest BCUT2D eigenvalue weighted by molar-refractivity contribution is 1.02. The van der Waals surface area contributed by atoms with Gasteiger partial charge in [-0.1, -0.05) is 18.5 Å². The Hall–Kier alpha value is -0.650. The molecule has 0 saturated carbocycles. The Bertz CT molecular complexity index is 515. The van der Waals surface area contributed by atoms with Gasteiger partial charge in [-0.05, 0) is 34.5 Å². The summed E-state index contributed by atoms with van der Waals surface area (Å²) >= 11 is 11.2. The number of halogens is 2. The molecule has 2 heterocycles. The van der Waals surface area contributed by atoms with Crippen molar-refractivity contribution in [2.75, 3.05) is 5.32 Å². The minimum absolute atomic E-state index is 0.525. The molecule has 0 bridgehead atoms. The second-order valence-electron chi connectivity index (χ2n) is 3.40. The van der Waals surface area contributed by atoms with Gasteiger partial charge in [-0.25, -0.2) is 9.97 Å². The number of nitrogens with zero attached hydrogens (tertiary/aromatic N) is 2. The van der Waals surface area contributed by atoms with E-state index in [1.807, 2.05) is 13.0 Å². The van der Waals surface area contributed by atoms with E-state index in [0.29, 0.717) is 5.15 Å². The van der Waals surface area contributed by atoms with E-state index in [1.54, 1.807) is 11.3 Å². The fraction of sp³-hybridized carbons (Fsp3) is 0.273. The van der Waals surface area contributed by atoms with Crippen molar-refractivity contribution in [2.45, 2.75) is 19.9 Å². The first kappa shape index (κ1) is 12.8. The Morgan fingerprint density at radius 2 is 2.24 bits per heavy atom. The van der Waals surface area contributed by atoms with Gasteiger partial charge < -0.3 is 5.32 Å². The summed E-state index contributed by atoms with van der Waals surface area (Å²) in [4.78, 5) is 9.44. The van der Waals surface area contributed by atoms with Crippen LogP contribution in [-0.2, 0) is 13.0 Å². The Morgan fingerprint density at radius 3 is 2.88 bits per heavy atom. The van der Waals surface area contributed by atoms with Crippen LogP contribution in [0.15, 0.2) is 22.2 Å². The first-order valence-corrected chi connectivity index (χ1v) is 7.17. The molecule has 0 radical (unpaired) electrons. The van der Waals surface area contributed by atoms with Gasteiger partial charge in [-0.2, -0.15) is 0 Å².